The van der Waals surface area contributed by atoms with Gasteiger partial charge in [-0.15, -0.1) is 0 Å². The maximum absolute atomic E-state index is 5.59. The molecule has 3 rings (SSSR count). The van der Waals surface area contributed by atoms with Crippen molar-refractivity contribution < 1.29 is 9.47 Å². The highest BCUT2D eigenvalue weighted by atomic mass is 79.9. The Hall–Kier alpha value is -0.940. The van der Waals surface area contributed by atoms with E-state index < -0.39 is 0 Å². The number of halogens is 1. The summed E-state index contributed by atoms with van der Waals surface area (Å²) in [6.45, 7) is 3.32. The lowest BCUT2D eigenvalue weighted by Crippen LogP contribution is -2.29. The van der Waals surface area contributed by atoms with E-state index in [2.05, 4.69) is 26.6 Å². The molecule has 2 N–H and O–H groups in total. The van der Waals surface area contributed by atoms with Crippen LogP contribution in [0.4, 0.5) is 5.69 Å². The maximum atomic E-state index is 5.59. The van der Waals surface area contributed by atoms with Gasteiger partial charge >= 0.3 is 0 Å². The molecule has 1 aromatic rings. The van der Waals surface area contributed by atoms with Gasteiger partial charge in [0.1, 0.15) is 13.2 Å². The Labute approximate surface area is 115 Å². The van der Waals surface area contributed by atoms with Crippen LogP contribution in [-0.4, -0.2) is 32.3 Å². The predicted octanol–water partition coefficient (Wildman–Crippen LogP) is 2.38. The molecule has 1 atom stereocenters. The van der Waals surface area contributed by atoms with E-state index in [4.69, 9.17) is 9.47 Å². The van der Waals surface area contributed by atoms with E-state index in [0.29, 0.717) is 19.3 Å². The van der Waals surface area contributed by atoms with Crippen molar-refractivity contribution >= 4 is 21.6 Å². The highest BCUT2D eigenvalue weighted by Gasteiger charge is 2.17. The largest absolute Gasteiger partial charge is 0.486 e. The molecule has 18 heavy (non-hydrogen) atoms. The number of hydrogen-bond acceptors (Lipinski definition) is 4. The second kappa shape index (κ2) is 5.36. The van der Waals surface area contributed by atoms with Crippen molar-refractivity contribution in [1.82, 2.24) is 5.32 Å². The van der Waals surface area contributed by atoms with E-state index in [1.807, 2.05) is 12.1 Å². The molecule has 4 nitrogen and oxygen atoms in total. The molecule has 0 amide bonds. The van der Waals surface area contributed by atoms with Gasteiger partial charge in [-0.2, -0.15) is 0 Å². The number of nitrogens with one attached hydrogen (secondary N) is 2. The van der Waals surface area contributed by atoms with Crippen LogP contribution in [0.5, 0.6) is 11.5 Å². The highest BCUT2D eigenvalue weighted by molar-refractivity contribution is 9.10. The van der Waals surface area contributed by atoms with Crippen LogP contribution in [0.15, 0.2) is 16.6 Å². The van der Waals surface area contributed by atoms with E-state index >= 15 is 0 Å². The summed E-state index contributed by atoms with van der Waals surface area (Å²) in [5.41, 5.74) is 1.06. The molecule has 0 spiro atoms. The van der Waals surface area contributed by atoms with E-state index in [1.54, 1.807) is 0 Å². The third-order valence-corrected chi connectivity index (χ3v) is 3.99. The van der Waals surface area contributed by atoms with Crippen LogP contribution in [0.25, 0.3) is 0 Å². The first-order chi connectivity index (χ1) is 8.83. The lowest BCUT2D eigenvalue weighted by Gasteiger charge is -2.21. The molecule has 1 aromatic carbocycles. The average molecular weight is 313 g/mol. The molecular weight excluding hydrogens is 296 g/mol. The summed E-state index contributed by atoms with van der Waals surface area (Å²) in [5, 5.41) is 6.93. The molecule has 1 unspecified atom stereocenters. The van der Waals surface area contributed by atoms with Crippen molar-refractivity contribution in [3.05, 3.63) is 16.6 Å². The molecule has 0 saturated carbocycles. The smallest absolute Gasteiger partial charge is 0.163 e. The molecule has 1 saturated heterocycles. The molecule has 2 aliphatic heterocycles. The third-order valence-electron chi connectivity index (χ3n) is 3.33. The predicted molar refractivity (Wildman–Crippen MR) is 74.6 cm³/mol. The Morgan fingerprint density at radius 2 is 2.06 bits per heavy atom. The zero-order valence-electron chi connectivity index (χ0n) is 10.2. The summed E-state index contributed by atoms with van der Waals surface area (Å²) in [4.78, 5) is 0. The minimum absolute atomic E-state index is 0.574. The average Bonchev–Trinajstić information content (AvgIpc) is 2.89. The molecule has 0 aromatic heterocycles. The van der Waals surface area contributed by atoms with Gasteiger partial charge in [-0.25, -0.2) is 0 Å². The molecule has 98 valence electrons. The Bertz CT molecular complexity index is 433. The summed E-state index contributed by atoms with van der Waals surface area (Å²) in [7, 11) is 0. The molecule has 0 bridgehead atoms. The first-order valence-electron chi connectivity index (χ1n) is 6.39. The molecule has 5 heteroatoms. The van der Waals surface area contributed by atoms with Crippen molar-refractivity contribution in [2.24, 2.45) is 0 Å². The number of anilines is 1. The zero-order chi connectivity index (χ0) is 12.4. The fourth-order valence-electron chi connectivity index (χ4n) is 2.36. The van der Waals surface area contributed by atoms with Gasteiger partial charge < -0.3 is 20.1 Å². The van der Waals surface area contributed by atoms with E-state index in [9.17, 15) is 0 Å². The van der Waals surface area contributed by atoms with Gasteiger partial charge in [0.15, 0.2) is 11.5 Å². The summed E-state index contributed by atoms with van der Waals surface area (Å²) in [6, 6.07) is 4.55. The van der Waals surface area contributed by atoms with Gasteiger partial charge in [0.05, 0.1) is 5.69 Å². The van der Waals surface area contributed by atoms with Crippen LogP contribution in [0.2, 0.25) is 0 Å². The van der Waals surface area contributed by atoms with Crippen LogP contribution < -0.4 is 20.1 Å². The lowest BCUT2D eigenvalue weighted by atomic mass is 10.2. The summed E-state index contributed by atoms with van der Waals surface area (Å²) < 4.78 is 12.1. The SMILES string of the molecule is Brc1cc2c(cc1NCC1CCCN1)OCCO2. The van der Waals surface area contributed by atoms with Gasteiger partial charge in [-0.1, -0.05) is 0 Å². The normalized spacial score (nSPS) is 21.9. The van der Waals surface area contributed by atoms with Crippen LogP contribution in [0, 0.1) is 0 Å². The molecule has 2 heterocycles. The van der Waals surface area contributed by atoms with Crippen LogP contribution >= 0.6 is 15.9 Å². The van der Waals surface area contributed by atoms with Crippen molar-refractivity contribution in [3.8, 4) is 11.5 Å². The Balaban J connectivity index is 1.70. The number of hydrogen-bond donors (Lipinski definition) is 2. The van der Waals surface area contributed by atoms with Crippen molar-refractivity contribution in [2.75, 3.05) is 31.6 Å². The topological polar surface area (TPSA) is 42.5 Å². The second-order valence-electron chi connectivity index (χ2n) is 4.65. The monoisotopic (exact) mass is 312 g/mol. The minimum Gasteiger partial charge on any atom is -0.486 e. The standard InChI is InChI=1S/C13H17BrN2O2/c14-10-6-12-13(18-5-4-17-12)7-11(10)16-8-9-2-1-3-15-9/h6-7,9,15-16H,1-5,8H2. The van der Waals surface area contributed by atoms with Gasteiger partial charge in [0.2, 0.25) is 0 Å². The van der Waals surface area contributed by atoms with Crippen LogP contribution in [0.1, 0.15) is 12.8 Å². The summed E-state index contributed by atoms with van der Waals surface area (Å²) in [5.74, 6) is 1.64. The summed E-state index contributed by atoms with van der Waals surface area (Å²) >= 11 is 3.57. The first kappa shape index (κ1) is 12.1. The maximum Gasteiger partial charge on any atom is 0.163 e. The van der Waals surface area contributed by atoms with Crippen LogP contribution in [0.3, 0.4) is 0 Å². The molecule has 0 radical (unpaired) electrons. The number of fused-ring (bicyclic) bond motifs is 1. The quantitative estimate of drug-likeness (QED) is 0.899. The van der Waals surface area contributed by atoms with E-state index in [0.717, 1.165) is 34.7 Å². The molecular formula is C13H17BrN2O2. The van der Waals surface area contributed by atoms with Crippen molar-refractivity contribution in [1.29, 1.82) is 0 Å². The van der Waals surface area contributed by atoms with Gasteiger partial charge in [0.25, 0.3) is 0 Å². The van der Waals surface area contributed by atoms with E-state index in [1.165, 1.54) is 12.8 Å². The second-order valence-corrected chi connectivity index (χ2v) is 5.50. The Morgan fingerprint density at radius 1 is 1.28 bits per heavy atom. The summed E-state index contributed by atoms with van der Waals surface area (Å²) in [6.07, 6.45) is 2.52. The first-order valence-corrected chi connectivity index (χ1v) is 7.18. The zero-order valence-corrected chi connectivity index (χ0v) is 11.8. The van der Waals surface area contributed by atoms with Gasteiger partial charge in [-0.3, -0.25) is 0 Å². The minimum atomic E-state index is 0.574. The third kappa shape index (κ3) is 2.57. The van der Waals surface area contributed by atoms with E-state index in [-0.39, 0.29) is 0 Å². The fraction of sp³-hybridized carbons (Fsp3) is 0.538. The van der Waals surface area contributed by atoms with Crippen molar-refractivity contribution in [3.63, 3.8) is 0 Å². The lowest BCUT2D eigenvalue weighted by molar-refractivity contribution is 0.171. The highest BCUT2D eigenvalue weighted by Crippen LogP contribution is 2.38. The molecule has 1 fully saturated rings. The molecule has 0 aliphatic carbocycles. The number of benzene rings is 1. The number of rotatable bonds is 3. The molecule has 2 aliphatic rings. The van der Waals surface area contributed by atoms with Crippen molar-refractivity contribution in [2.45, 2.75) is 18.9 Å². The van der Waals surface area contributed by atoms with Gasteiger partial charge in [0, 0.05) is 29.2 Å². The van der Waals surface area contributed by atoms with Crippen LogP contribution in [-0.2, 0) is 0 Å². The number of ether oxygens (including phenoxy) is 2. The fourth-order valence-corrected chi connectivity index (χ4v) is 2.83. The Morgan fingerprint density at radius 3 is 2.78 bits per heavy atom. The van der Waals surface area contributed by atoms with Gasteiger partial charge in [-0.05, 0) is 35.3 Å². The Kier molecular flexibility index (Phi) is 3.61.